The molecule has 0 aliphatic heterocycles. The number of allylic oxidation sites excluding steroid dienone is 1. The summed E-state index contributed by atoms with van der Waals surface area (Å²) in [4.78, 5) is 21.2. The second-order valence-electron chi connectivity index (χ2n) is 5.05. The van der Waals surface area contributed by atoms with E-state index in [1.807, 2.05) is 21.1 Å². The molecule has 1 aromatic heterocycles. The molecule has 0 atom stereocenters. The number of rotatable bonds is 6. The van der Waals surface area contributed by atoms with Gasteiger partial charge in [-0.2, -0.15) is 5.10 Å². The molecule has 0 bridgehead atoms. The summed E-state index contributed by atoms with van der Waals surface area (Å²) in [6, 6.07) is 2.73. The Bertz CT molecular complexity index is 540. The summed E-state index contributed by atoms with van der Waals surface area (Å²) >= 11 is 0. The van der Waals surface area contributed by atoms with Gasteiger partial charge in [0.2, 0.25) is 0 Å². The second-order valence-corrected chi connectivity index (χ2v) is 5.05. The van der Waals surface area contributed by atoms with Crippen molar-refractivity contribution in [2.24, 2.45) is 5.10 Å². The molecular formula is C12H17N4O4+. The summed E-state index contributed by atoms with van der Waals surface area (Å²) < 4.78 is 5.41. The first-order chi connectivity index (χ1) is 9.28. The van der Waals surface area contributed by atoms with Crippen LogP contribution in [0.4, 0.5) is 5.88 Å². The number of quaternary nitrogens is 1. The Morgan fingerprint density at radius 3 is 2.75 bits per heavy atom. The maximum Gasteiger partial charge on any atom is 0.433 e. The van der Waals surface area contributed by atoms with E-state index in [9.17, 15) is 14.9 Å². The summed E-state index contributed by atoms with van der Waals surface area (Å²) in [6.45, 7) is 0.311. The number of amides is 1. The molecule has 0 aliphatic carbocycles. The maximum atomic E-state index is 11.4. The van der Waals surface area contributed by atoms with Crippen LogP contribution in [0, 0.1) is 10.1 Å². The maximum absolute atomic E-state index is 11.4. The Morgan fingerprint density at radius 2 is 2.20 bits per heavy atom. The van der Waals surface area contributed by atoms with Crippen LogP contribution in [0.25, 0.3) is 6.08 Å². The van der Waals surface area contributed by atoms with E-state index in [0.29, 0.717) is 16.8 Å². The van der Waals surface area contributed by atoms with Gasteiger partial charge in [-0.25, -0.2) is 5.43 Å². The van der Waals surface area contributed by atoms with Crippen LogP contribution in [-0.2, 0) is 4.79 Å². The van der Waals surface area contributed by atoms with Crippen molar-refractivity contribution >= 4 is 24.1 Å². The molecule has 0 saturated carbocycles. The van der Waals surface area contributed by atoms with E-state index in [0.717, 1.165) is 0 Å². The quantitative estimate of drug-likeness (QED) is 0.364. The average Bonchev–Trinajstić information content (AvgIpc) is 2.75. The minimum Gasteiger partial charge on any atom is -0.401 e. The van der Waals surface area contributed by atoms with Gasteiger partial charge < -0.3 is 8.90 Å². The Labute approximate surface area is 116 Å². The molecule has 0 spiro atoms. The highest BCUT2D eigenvalue weighted by Crippen LogP contribution is 2.16. The zero-order chi connectivity index (χ0) is 15.2. The molecule has 1 heterocycles. The number of nitro groups is 1. The van der Waals surface area contributed by atoms with E-state index < -0.39 is 4.92 Å². The van der Waals surface area contributed by atoms with Crippen LogP contribution >= 0.6 is 0 Å². The van der Waals surface area contributed by atoms with Crippen molar-refractivity contribution < 1.29 is 18.6 Å². The van der Waals surface area contributed by atoms with Gasteiger partial charge in [0, 0.05) is 6.21 Å². The van der Waals surface area contributed by atoms with Gasteiger partial charge in [0.1, 0.15) is 10.7 Å². The van der Waals surface area contributed by atoms with Crippen LogP contribution in [-0.4, -0.2) is 49.2 Å². The van der Waals surface area contributed by atoms with Gasteiger partial charge in [-0.15, -0.1) is 0 Å². The molecule has 0 fully saturated rings. The molecule has 0 unspecified atom stereocenters. The molecule has 0 saturated heterocycles. The van der Waals surface area contributed by atoms with E-state index in [-0.39, 0.29) is 11.8 Å². The zero-order valence-electron chi connectivity index (χ0n) is 11.6. The monoisotopic (exact) mass is 281 g/mol. The molecule has 8 heteroatoms. The van der Waals surface area contributed by atoms with E-state index in [2.05, 4.69) is 10.5 Å². The van der Waals surface area contributed by atoms with Crippen molar-refractivity contribution in [3.05, 3.63) is 34.1 Å². The summed E-state index contributed by atoms with van der Waals surface area (Å²) in [6.07, 6.45) is 4.37. The Morgan fingerprint density at radius 1 is 1.50 bits per heavy atom. The Hall–Kier alpha value is -2.48. The van der Waals surface area contributed by atoms with Crippen molar-refractivity contribution in [3.63, 3.8) is 0 Å². The second kappa shape index (κ2) is 6.62. The fourth-order valence-corrected chi connectivity index (χ4v) is 1.29. The number of carbonyl (C=O) groups excluding carboxylic acids is 1. The number of hydrogen-bond acceptors (Lipinski definition) is 5. The number of nitrogens with one attached hydrogen (secondary N) is 1. The lowest BCUT2D eigenvalue weighted by Crippen LogP contribution is -2.43. The molecular weight excluding hydrogens is 264 g/mol. The Balaban J connectivity index is 2.42. The van der Waals surface area contributed by atoms with Gasteiger partial charge in [0.15, 0.2) is 6.54 Å². The van der Waals surface area contributed by atoms with Crippen LogP contribution in [0.5, 0.6) is 0 Å². The summed E-state index contributed by atoms with van der Waals surface area (Å²) in [5, 5.41) is 14.1. The number of nitrogens with zero attached hydrogens (tertiary/aromatic N) is 3. The van der Waals surface area contributed by atoms with Gasteiger partial charge in [-0.3, -0.25) is 14.9 Å². The minimum absolute atomic E-state index is 0.198. The number of furan rings is 1. The topological polar surface area (TPSA) is 97.7 Å². The molecule has 0 radical (unpaired) electrons. The lowest BCUT2D eigenvalue weighted by molar-refractivity contribution is -0.862. The van der Waals surface area contributed by atoms with Crippen molar-refractivity contribution in [1.82, 2.24) is 5.43 Å². The Kier molecular flexibility index (Phi) is 5.15. The normalized spacial score (nSPS) is 12.2. The zero-order valence-corrected chi connectivity index (χ0v) is 11.6. The summed E-state index contributed by atoms with van der Waals surface area (Å²) in [5.41, 5.74) is 2.37. The largest absolute Gasteiger partial charge is 0.433 e. The molecule has 108 valence electrons. The third-order valence-electron chi connectivity index (χ3n) is 2.02. The molecule has 1 rings (SSSR count). The summed E-state index contributed by atoms with van der Waals surface area (Å²) in [7, 11) is 5.69. The van der Waals surface area contributed by atoms with Crippen LogP contribution in [0.2, 0.25) is 0 Å². The minimum atomic E-state index is -0.615. The molecule has 0 aliphatic rings. The van der Waals surface area contributed by atoms with Crippen molar-refractivity contribution in [3.8, 4) is 0 Å². The smallest absolute Gasteiger partial charge is 0.401 e. The fraction of sp³-hybridized carbons (Fsp3) is 0.333. The van der Waals surface area contributed by atoms with E-state index in [1.54, 1.807) is 0 Å². The standard InChI is InChI=1S/C12H16N4O4/c1-16(2,3)9-11(17)14-13-8-4-5-10-6-7-12(20-10)15(18)19/h4-8H,9H2,1-3H3/p+1. The predicted molar refractivity (Wildman–Crippen MR) is 73.9 cm³/mol. The molecule has 8 nitrogen and oxygen atoms in total. The predicted octanol–water partition coefficient (Wildman–Crippen LogP) is 1.01. The van der Waals surface area contributed by atoms with Crippen LogP contribution in [0.3, 0.4) is 0 Å². The molecule has 1 aromatic rings. The molecule has 20 heavy (non-hydrogen) atoms. The highest BCUT2D eigenvalue weighted by molar-refractivity contribution is 5.81. The molecule has 1 N–H and O–H groups in total. The fourth-order valence-electron chi connectivity index (χ4n) is 1.29. The third-order valence-corrected chi connectivity index (χ3v) is 2.02. The van der Waals surface area contributed by atoms with Gasteiger partial charge >= 0.3 is 5.88 Å². The highest BCUT2D eigenvalue weighted by Gasteiger charge is 2.13. The highest BCUT2D eigenvalue weighted by atomic mass is 16.6. The summed E-state index contributed by atoms with van der Waals surface area (Å²) in [5.74, 6) is -0.186. The number of likely N-dealkylation sites (N-methyl/N-ethyl adjacent to an activating group) is 1. The molecule has 1 amide bonds. The van der Waals surface area contributed by atoms with Crippen LogP contribution in [0.15, 0.2) is 27.7 Å². The van der Waals surface area contributed by atoms with Crippen molar-refractivity contribution in [1.29, 1.82) is 0 Å². The van der Waals surface area contributed by atoms with E-state index in [4.69, 9.17) is 4.42 Å². The van der Waals surface area contributed by atoms with Gasteiger partial charge in [-0.1, -0.05) is 0 Å². The molecule has 0 aromatic carbocycles. The first kappa shape index (κ1) is 15.6. The number of carbonyl (C=O) groups is 1. The van der Waals surface area contributed by atoms with Gasteiger partial charge in [0.25, 0.3) is 5.91 Å². The first-order valence-electron chi connectivity index (χ1n) is 5.81. The van der Waals surface area contributed by atoms with Crippen molar-refractivity contribution in [2.45, 2.75) is 0 Å². The van der Waals surface area contributed by atoms with Gasteiger partial charge in [-0.05, 0) is 18.2 Å². The lowest BCUT2D eigenvalue weighted by Gasteiger charge is -2.21. The third kappa shape index (κ3) is 5.91. The van der Waals surface area contributed by atoms with Crippen molar-refractivity contribution in [2.75, 3.05) is 27.7 Å². The van der Waals surface area contributed by atoms with E-state index >= 15 is 0 Å². The van der Waals surface area contributed by atoms with Crippen LogP contribution < -0.4 is 5.43 Å². The van der Waals surface area contributed by atoms with Crippen LogP contribution in [0.1, 0.15) is 5.76 Å². The van der Waals surface area contributed by atoms with Gasteiger partial charge in [0.05, 0.1) is 27.2 Å². The first-order valence-corrected chi connectivity index (χ1v) is 5.81. The number of hydrazone groups is 1. The van der Waals surface area contributed by atoms with E-state index in [1.165, 1.54) is 30.5 Å². The number of hydrogen-bond donors (Lipinski definition) is 1. The SMILES string of the molecule is C[N+](C)(C)CC(=O)NN=CC=Cc1ccc([N+](=O)[O-])o1. The average molecular weight is 281 g/mol. The lowest BCUT2D eigenvalue weighted by atomic mass is 10.4.